The SMILES string of the molecule is CCC[C@@H](C)NC(=O)CSc1nnc(C)c(=O)n1N. The van der Waals surface area contributed by atoms with Gasteiger partial charge in [-0.1, -0.05) is 25.1 Å². The van der Waals surface area contributed by atoms with Gasteiger partial charge in [0.25, 0.3) is 5.56 Å². The smallest absolute Gasteiger partial charge is 0.294 e. The molecule has 0 aliphatic heterocycles. The number of carbonyl (C=O) groups is 1. The van der Waals surface area contributed by atoms with E-state index in [1.54, 1.807) is 0 Å². The van der Waals surface area contributed by atoms with Crippen LogP contribution in [0.1, 0.15) is 32.4 Å². The summed E-state index contributed by atoms with van der Waals surface area (Å²) in [5.41, 5.74) is -0.176. The first kappa shape index (κ1) is 15.5. The molecule has 0 fully saturated rings. The Morgan fingerprint density at radius 2 is 2.21 bits per heavy atom. The monoisotopic (exact) mass is 285 g/mol. The highest BCUT2D eigenvalue weighted by atomic mass is 32.2. The van der Waals surface area contributed by atoms with Gasteiger partial charge in [-0.2, -0.15) is 4.68 Å². The molecule has 0 aliphatic carbocycles. The van der Waals surface area contributed by atoms with Crippen LogP contribution in [0.4, 0.5) is 0 Å². The van der Waals surface area contributed by atoms with Crippen molar-refractivity contribution in [3.8, 4) is 0 Å². The van der Waals surface area contributed by atoms with Crippen LogP contribution in [-0.2, 0) is 4.79 Å². The molecule has 7 nitrogen and oxygen atoms in total. The highest BCUT2D eigenvalue weighted by molar-refractivity contribution is 7.99. The van der Waals surface area contributed by atoms with Crippen LogP contribution in [0.5, 0.6) is 0 Å². The van der Waals surface area contributed by atoms with Crippen molar-refractivity contribution in [3.05, 3.63) is 16.0 Å². The summed E-state index contributed by atoms with van der Waals surface area (Å²) in [5.74, 6) is 5.61. The van der Waals surface area contributed by atoms with Gasteiger partial charge in [-0.15, -0.1) is 10.2 Å². The van der Waals surface area contributed by atoms with Crippen molar-refractivity contribution in [1.82, 2.24) is 20.2 Å². The van der Waals surface area contributed by atoms with Crippen LogP contribution in [-0.4, -0.2) is 32.6 Å². The number of nitrogens with two attached hydrogens (primary N) is 1. The summed E-state index contributed by atoms with van der Waals surface area (Å²) in [6, 6.07) is 0.141. The lowest BCUT2D eigenvalue weighted by atomic mass is 10.2. The lowest BCUT2D eigenvalue weighted by molar-refractivity contribution is -0.119. The maximum atomic E-state index is 11.7. The molecule has 1 atom stereocenters. The Hall–Kier alpha value is -1.57. The Balaban J connectivity index is 2.56. The molecule has 8 heteroatoms. The van der Waals surface area contributed by atoms with Crippen LogP contribution < -0.4 is 16.7 Å². The van der Waals surface area contributed by atoms with Gasteiger partial charge in [0, 0.05) is 6.04 Å². The molecule has 0 aromatic carbocycles. The van der Waals surface area contributed by atoms with E-state index in [0.29, 0.717) is 0 Å². The van der Waals surface area contributed by atoms with E-state index in [-0.39, 0.29) is 28.6 Å². The molecule has 1 amide bonds. The van der Waals surface area contributed by atoms with E-state index in [9.17, 15) is 9.59 Å². The molecule has 106 valence electrons. The van der Waals surface area contributed by atoms with Crippen LogP contribution in [0.25, 0.3) is 0 Å². The zero-order valence-corrected chi connectivity index (χ0v) is 12.2. The number of hydrogen-bond acceptors (Lipinski definition) is 6. The molecule has 0 unspecified atom stereocenters. The van der Waals surface area contributed by atoms with Crippen LogP contribution in [0.2, 0.25) is 0 Å². The Bertz CT molecular complexity index is 502. The zero-order valence-electron chi connectivity index (χ0n) is 11.3. The maximum Gasteiger partial charge on any atom is 0.294 e. The van der Waals surface area contributed by atoms with E-state index in [4.69, 9.17) is 5.84 Å². The van der Waals surface area contributed by atoms with Gasteiger partial charge < -0.3 is 11.2 Å². The van der Waals surface area contributed by atoms with Crippen molar-refractivity contribution in [3.63, 3.8) is 0 Å². The molecule has 1 aromatic rings. The van der Waals surface area contributed by atoms with Gasteiger partial charge in [0.15, 0.2) is 0 Å². The summed E-state index contributed by atoms with van der Waals surface area (Å²) in [5, 5.41) is 10.6. The quantitative estimate of drug-likeness (QED) is 0.566. The molecule has 0 spiro atoms. The molecular weight excluding hydrogens is 266 g/mol. The van der Waals surface area contributed by atoms with Crippen molar-refractivity contribution in [2.45, 2.75) is 44.8 Å². The summed E-state index contributed by atoms with van der Waals surface area (Å²) in [4.78, 5) is 23.2. The van der Waals surface area contributed by atoms with Crippen molar-refractivity contribution in [2.75, 3.05) is 11.6 Å². The van der Waals surface area contributed by atoms with E-state index in [1.807, 2.05) is 6.92 Å². The Morgan fingerprint density at radius 1 is 1.53 bits per heavy atom. The molecule has 0 saturated heterocycles. The second-order valence-corrected chi connectivity index (χ2v) is 5.23. The standard InChI is InChI=1S/C11H19N5O2S/c1-4-5-7(2)13-9(17)6-19-11-15-14-8(3)10(18)16(11)12/h7H,4-6,12H2,1-3H3,(H,13,17)/t7-/m1/s1. The van der Waals surface area contributed by atoms with E-state index >= 15 is 0 Å². The Labute approximate surface area is 115 Å². The minimum absolute atomic E-state index is 0.110. The summed E-state index contributed by atoms with van der Waals surface area (Å²) in [6.45, 7) is 5.55. The summed E-state index contributed by atoms with van der Waals surface area (Å²) < 4.78 is 0.912. The van der Waals surface area contributed by atoms with Gasteiger partial charge in [-0.3, -0.25) is 9.59 Å². The van der Waals surface area contributed by atoms with Gasteiger partial charge in [0.1, 0.15) is 5.69 Å². The molecule has 1 aromatic heterocycles. The van der Waals surface area contributed by atoms with Gasteiger partial charge >= 0.3 is 0 Å². The zero-order chi connectivity index (χ0) is 14.4. The Morgan fingerprint density at radius 3 is 2.84 bits per heavy atom. The highest BCUT2D eigenvalue weighted by Crippen LogP contribution is 2.10. The molecule has 3 N–H and O–H groups in total. The fraction of sp³-hybridized carbons (Fsp3) is 0.636. The number of hydrogen-bond donors (Lipinski definition) is 2. The molecule has 0 aliphatic rings. The third-order valence-electron chi connectivity index (χ3n) is 2.48. The van der Waals surface area contributed by atoms with Crippen LogP contribution in [0.3, 0.4) is 0 Å². The lowest BCUT2D eigenvalue weighted by Gasteiger charge is -2.12. The fourth-order valence-electron chi connectivity index (χ4n) is 1.52. The molecular formula is C11H19N5O2S. The van der Waals surface area contributed by atoms with Crippen molar-refractivity contribution in [1.29, 1.82) is 0 Å². The lowest BCUT2D eigenvalue weighted by Crippen LogP contribution is -2.35. The second-order valence-electron chi connectivity index (χ2n) is 4.29. The first-order valence-corrected chi connectivity index (χ1v) is 7.07. The summed E-state index contributed by atoms with van der Waals surface area (Å²) in [6.07, 6.45) is 1.95. The Kier molecular flexibility index (Phi) is 5.81. The normalized spacial score (nSPS) is 12.2. The molecule has 0 radical (unpaired) electrons. The predicted octanol–water partition coefficient (Wildman–Crippen LogP) is 0.0574. The molecule has 19 heavy (non-hydrogen) atoms. The second kappa shape index (κ2) is 7.13. The topological polar surface area (TPSA) is 103 Å². The summed E-state index contributed by atoms with van der Waals surface area (Å²) >= 11 is 1.09. The molecule has 0 saturated carbocycles. The van der Waals surface area contributed by atoms with Crippen LogP contribution >= 0.6 is 11.8 Å². The van der Waals surface area contributed by atoms with Crippen molar-refractivity contribution in [2.24, 2.45) is 0 Å². The van der Waals surface area contributed by atoms with Crippen LogP contribution in [0.15, 0.2) is 9.95 Å². The number of aromatic nitrogens is 3. The van der Waals surface area contributed by atoms with Gasteiger partial charge in [-0.25, -0.2) is 0 Å². The number of thioether (sulfide) groups is 1. The number of nitrogen functional groups attached to an aromatic ring is 1. The largest absolute Gasteiger partial charge is 0.353 e. The fourth-order valence-corrected chi connectivity index (χ4v) is 2.18. The number of aryl methyl sites for hydroxylation is 1. The average molecular weight is 285 g/mol. The van der Waals surface area contributed by atoms with E-state index < -0.39 is 5.56 Å². The molecule has 0 bridgehead atoms. The number of rotatable bonds is 6. The average Bonchev–Trinajstić information content (AvgIpc) is 2.35. The first-order chi connectivity index (χ1) is 8.95. The third kappa shape index (κ3) is 4.55. The molecule has 1 rings (SSSR count). The highest BCUT2D eigenvalue weighted by Gasteiger charge is 2.11. The van der Waals surface area contributed by atoms with Gasteiger partial charge in [0.2, 0.25) is 11.1 Å². The number of nitrogens with zero attached hydrogens (tertiary/aromatic N) is 3. The van der Waals surface area contributed by atoms with Crippen molar-refractivity contribution < 1.29 is 4.79 Å². The molecule has 1 heterocycles. The number of nitrogens with one attached hydrogen (secondary N) is 1. The van der Waals surface area contributed by atoms with Gasteiger partial charge in [-0.05, 0) is 20.3 Å². The van der Waals surface area contributed by atoms with Crippen molar-refractivity contribution >= 4 is 17.7 Å². The first-order valence-electron chi connectivity index (χ1n) is 6.09. The number of amides is 1. The van der Waals surface area contributed by atoms with E-state index in [2.05, 4.69) is 22.4 Å². The summed E-state index contributed by atoms with van der Waals surface area (Å²) in [7, 11) is 0. The minimum Gasteiger partial charge on any atom is -0.353 e. The minimum atomic E-state index is -0.405. The van der Waals surface area contributed by atoms with Gasteiger partial charge in [0.05, 0.1) is 5.75 Å². The predicted molar refractivity (Wildman–Crippen MR) is 74.4 cm³/mol. The number of carbonyl (C=O) groups excluding carboxylic acids is 1. The van der Waals surface area contributed by atoms with Crippen LogP contribution in [0, 0.1) is 6.92 Å². The third-order valence-corrected chi connectivity index (χ3v) is 3.42. The maximum absolute atomic E-state index is 11.7. The van der Waals surface area contributed by atoms with E-state index in [1.165, 1.54) is 6.92 Å². The van der Waals surface area contributed by atoms with E-state index in [0.717, 1.165) is 29.3 Å².